The Bertz CT molecular complexity index is 448. The molecule has 102 valence electrons. The maximum Gasteiger partial charge on any atom is 0.315 e. The summed E-state index contributed by atoms with van der Waals surface area (Å²) in [5.74, 6) is 2.75. The summed E-state index contributed by atoms with van der Waals surface area (Å²) in [5.41, 5.74) is 1.28. The fraction of sp³-hybridized carbons (Fsp3) is 0.400. The number of hydrogen-bond donors (Lipinski definition) is 0. The fourth-order valence-corrected chi connectivity index (χ4v) is 4.90. The van der Waals surface area contributed by atoms with Crippen molar-refractivity contribution < 1.29 is 9.53 Å². The highest BCUT2D eigenvalue weighted by Crippen LogP contribution is 2.49. The van der Waals surface area contributed by atoms with Crippen molar-refractivity contribution in [1.29, 1.82) is 0 Å². The highest BCUT2D eigenvalue weighted by atomic mass is 32.2. The second-order valence-corrected chi connectivity index (χ2v) is 7.77. The van der Waals surface area contributed by atoms with Crippen molar-refractivity contribution in [3.05, 3.63) is 42.5 Å². The summed E-state index contributed by atoms with van der Waals surface area (Å²) in [6.45, 7) is 5.78. The lowest BCUT2D eigenvalue weighted by molar-refractivity contribution is -0.133. The Morgan fingerprint density at radius 1 is 1.37 bits per heavy atom. The Morgan fingerprint density at radius 3 is 2.58 bits per heavy atom. The molecule has 4 heteroatoms. The summed E-state index contributed by atoms with van der Waals surface area (Å²) in [6, 6.07) is 7.86. The molecule has 1 aliphatic heterocycles. The average molecular weight is 294 g/mol. The zero-order chi connectivity index (χ0) is 13.7. The molecule has 0 N–H and O–H groups in total. The maximum absolute atomic E-state index is 11.4. The van der Waals surface area contributed by atoms with Gasteiger partial charge in [-0.3, -0.25) is 4.79 Å². The Morgan fingerprint density at radius 2 is 2.00 bits per heavy atom. The van der Waals surface area contributed by atoms with Crippen LogP contribution in [0.1, 0.15) is 25.3 Å². The highest BCUT2D eigenvalue weighted by Gasteiger charge is 2.30. The van der Waals surface area contributed by atoms with Crippen LogP contribution in [0.15, 0.2) is 36.9 Å². The first kappa shape index (κ1) is 14.5. The third kappa shape index (κ3) is 3.80. The van der Waals surface area contributed by atoms with Gasteiger partial charge in [-0.05, 0) is 42.5 Å². The molecule has 0 saturated carbocycles. The molecular formula is C15H18O2S2. The van der Waals surface area contributed by atoms with Gasteiger partial charge in [-0.2, -0.15) is 0 Å². The van der Waals surface area contributed by atoms with Crippen molar-refractivity contribution in [2.45, 2.75) is 23.8 Å². The van der Waals surface area contributed by atoms with E-state index in [1.807, 2.05) is 35.7 Å². The molecule has 0 aliphatic carbocycles. The standard InChI is InChI=1S/C15H18O2S2/c1-3-5-14(16)17-13-8-6-12(7-9-13)15(2)18-10-4-11-19-15/h3,6-9H,1,4-5,10-11H2,2H3. The van der Waals surface area contributed by atoms with Crippen LogP contribution < -0.4 is 4.74 Å². The van der Waals surface area contributed by atoms with E-state index in [1.54, 1.807) is 6.08 Å². The first-order valence-electron chi connectivity index (χ1n) is 6.34. The van der Waals surface area contributed by atoms with Crippen molar-refractivity contribution in [3.63, 3.8) is 0 Å². The second-order valence-electron chi connectivity index (χ2n) is 4.49. The summed E-state index contributed by atoms with van der Waals surface area (Å²) >= 11 is 3.98. The summed E-state index contributed by atoms with van der Waals surface area (Å²) in [6.07, 6.45) is 3.07. The smallest absolute Gasteiger partial charge is 0.315 e. The van der Waals surface area contributed by atoms with E-state index in [2.05, 4.69) is 25.6 Å². The van der Waals surface area contributed by atoms with Crippen molar-refractivity contribution >= 4 is 29.5 Å². The molecule has 1 saturated heterocycles. The third-order valence-corrected chi connectivity index (χ3v) is 6.23. The van der Waals surface area contributed by atoms with Crippen LogP contribution in [0, 0.1) is 0 Å². The summed E-state index contributed by atoms with van der Waals surface area (Å²) in [4.78, 5) is 11.4. The number of esters is 1. The normalized spacial score (nSPS) is 17.7. The third-order valence-electron chi connectivity index (χ3n) is 2.97. The largest absolute Gasteiger partial charge is 0.426 e. The van der Waals surface area contributed by atoms with E-state index >= 15 is 0 Å². The minimum Gasteiger partial charge on any atom is -0.426 e. The van der Waals surface area contributed by atoms with Gasteiger partial charge in [-0.25, -0.2) is 0 Å². The van der Waals surface area contributed by atoms with Crippen LogP contribution in [0.25, 0.3) is 0 Å². The van der Waals surface area contributed by atoms with Crippen molar-refractivity contribution in [2.75, 3.05) is 11.5 Å². The molecule has 0 unspecified atom stereocenters. The van der Waals surface area contributed by atoms with Crippen molar-refractivity contribution in [1.82, 2.24) is 0 Å². The molecule has 0 aromatic heterocycles. The highest BCUT2D eigenvalue weighted by molar-refractivity contribution is 8.18. The summed E-state index contributed by atoms with van der Waals surface area (Å²) in [5, 5.41) is 0. The van der Waals surface area contributed by atoms with Gasteiger partial charge in [0.2, 0.25) is 0 Å². The van der Waals surface area contributed by atoms with E-state index in [0.29, 0.717) is 5.75 Å². The predicted molar refractivity (Wildman–Crippen MR) is 83.8 cm³/mol. The molecular weight excluding hydrogens is 276 g/mol. The zero-order valence-electron chi connectivity index (χ0n) is 11.1. The van der Waals surface area contributed by atoms with Gasteiger partial charge in [0.1, 0.15) is 5.75 Å². The molecule has 0 spiro atoms. The fourth-order valence-electron chi connectivity index (χ4n) is 1.92. The summed E-state index contributed by atoms with van der Waals surface area (Å²) in [7, 11) is 0. The SMILES string of the molecule is C=CCC(=O)Oc1ccc(C2(C)SCCCS2)cc1. The summed E-state index contributed by atoms with van der Waals surface area (Å²) < 4.78 is 5.33. The number of ether oxygens (including phenoxy) is 1. The number of benzene rings is 1. The van der Waals surface area contributed by atoms with Crippen molar-refractivity contribution in [3.8, 4) is 5.75 Å². The Labute approximate surface area is 123 Å². The molecule has 2 rings (SSSR count). The molecule has 1 aromatic rings. The maximum atomic E-state index is 11.4. The van der Waals surface area contributed by atoms with Gasteiger partial charge in [0.15, 0.2) is 0 Å². The van der Waals surface area contributed by atoms with Crippen LogP contribution in [0.5, 0.6) is 5.75 Å². The van der Waals surface area contributed by atoms with E-state index in [-0.39, 0.29) is 16.5 Å². The molecule has 1 aliphatic rings. The van der Waals surface area contributed by atoms with E-state index < -0.39 is 0 Å². The molecule has 19 heavy (non-hydrogen) atoms. The number of carbonyl (C=O) groups is 1. The van der Waals surface area contributed by atoms with Crippen LogP contribution in [0.2, 0.25) is 0 Å². The average Bonchev–Trinajstić information content (AvgIpc) is 2.40. The van der Waals surface area contributed by atoms with E-state index in [0.717, 1.165) is 0 Å². The van der Waals surface area contributed by atoms with Gasteiger partial charge in [-0.15, -0.1) is 30.1 Å². The number of rotatable bonds is 4. The van der Waals surface area contributed by atoms with Crippen molar-refractivity contribution in [2.24, 2.45) is 0 Å². The quantitative estimate of drug-likeness (QED) is 0.472. The molecule has 1 aromatic carbocycles. The minimum atomic E-state index is -0.268. The minimum absolute atomic E-state index is 0.127. The molecule has 0 amide bonds. The number of thioether (sulfide) groups is 2. The van der Waals surface area contributed by atoms with Gasteiger partial charge in [0.05, 0.1) is 10.5 Å². The lowest BCUT2D eigenvalue weighted by Gasteiger charge is -2.32. The van der Waals surface area contributed by atoms with Crippen LogP contribution in [0.3, 0.4) is 0 Å². The molecule has 0 radical (unpaired) electrons. The van der Waals surface area contributed by atoms with Crippen LogP contribution in [0.4, 0.5) is 0 Å². The van der Waals surface area contributed by atoms with Crippen LogP contribution >= 0.6 is 23.5 Å². The van der Waals surface area contributed by atoms with Gasteiger partial charge < -0.3 is 4.74 Å². The zero-order valence-corrected chi connectivity index (χ0v) is 12.7. The van der Waals surface area contributed by atoms with E-state index in [1.165, 1.54) is 23.5 Å². The van der Waals surface area contributed by atoms with Crippen LogP contribution in [-0.2, 0) is 8.87 Å². The molecule has 1 fully saturated rings. The molecule has 0 bridgehead atoms. The second kappa shape index (κ2) is 6.53. The van der Waals surface area contributed by atoms with Gasteiger partial charge in [-0.1, -0.05) is 18.2 Å². The molecule has 1 heterocycles. The Balaban J connectivity index is 2.05. The van der Waals surface area contributed by atoms with Crippen LogP contribution in [-0.4, -0.2) is 17.5 Å². The first-order chi connectivity index (χ1) is 9.14. The predicted octanol–water partition coefficient (Wildman–Crippen LogP) is 4.21. The van der Waals surface area contributed by atoms with Gasteiger partial charge in [0.25, 0.3) is 0 Å². The number of hydrogen-bond acceptors (Lipinski definition) is 4. The van der Waals surface area contributed by atoms with E-state index in [9.17, 15) is 4.79 Å². The van der Waals surface area contributed by atoms with Gasteiger partial charge >= 0.3 is 5.97 Å². The monoisotopic (exact) mass is 294 g/mol. The van der Waals surface area contributed by atoms with E-state index in [4.69, 9.17) is 4.74 Å². The molecule has 2 nitrogen and oxygen atoms in total. The topological polar surface area (TPSA) is 26.3 Å². The molecule has 0 atom stereocenters. The number of carbonyl (C=O) groups excluding carboxylic acids is 1. The lowest BCUT2D eigenvalue weighted by Crippen LogP contribution is -2.18. The Hall–Kier alpha value is -0.870. The Kier molecular flexibility index (Phi) is 4.99. The van der Waals surface area contributed by atoms with Gasteiger partial charge in [0, 0.05) is 0 Å². The lowest BCUT2D eigenvalue weighted by atomic mass is 10.1. The first-order valence-corrected chi connectivity index (χ1v) is 8.31.